The molecule has 0 spiro atoms. The zero-order valence-electron chi connectivity index (χ0n) is 14.1. The Balaban J connectivity index is 1.93. The van der Waals surface area contributed by atoms with E-state index in [0.717, 1.165) is 54.9 Å². The van der Waals surface area contributed by atoms with E-state index < -0.39 is 0 Å². The lowest BCUT2D eigenvalue weighted by molar-refractivity contribution is -0.127. The van der Waals surface area contributed by atoms with Gasteiger partial charge in [0.15, 0.2) is 0 Å². The molecule has 1 aliphatic heterocycles. The predicted molar refractivity (Wildman–Crippen MR) is 93.4 cm³/mol. The second-order valence-electron chi connectivity index (χ2n) is 6.60. The number of amides is 1. The van der Waals surface area contributed by atoms with Crippen LogP contribution in [0.15, 0.2) is 36.4 Å². The number of carbonyl (C=O) groups excluding carboxylic acids is 1. The Kier molecular flexibility index (Phi) is 4.51. The molecular weight excluding hydrogens is 286 g/mol. The number of carbonyl (C=O) groups is 1. The lowest BCUT2D eigenvalue weighted by atomic mass is 10.1. The van der Waals surface area contributed by atoms with Crippen molar-refractivity contribution in [2.24, 2.45) is 0 Å². The van der Waals surface area contributed by atoms with Gasteiger partial charge in [0, 0.05) is 32.0 Å². The van der Waals surface area contributed by atoms with Crippen LogP contribution in [0.2, 0.25) is 0 Å². The highest BCUT2D eigenvalue weighted by Crippen LogP contribution is 2.31. The molecule has 3 rings (SSSR count). The van der Waals surface area contributed by atoms with E-state index in [1.807, 2.05) is 30.0 Å². The molecule has 2 aromatic rings. The van der Waals surface area contributed by atoms with Gasteiger partial charge in [-0.2, -0.15) is 0 Å². The van der Waals surface area contributed by atoms with E-state index in [4.69, 9.17) is 4.98 Å². The number of para-hydroxylation sites is 2. The maximum Gasteiger partial charge on any atom is 0.223 e. The van der Waals surface area contributed by atoms with Gasteiger partial charge < -0.3 is 9.47 Å². The van der Waals surface area contributed by atoms with Gasteiger partial charge in [-0.05, 0) is 25.5 Å². The topological polar surface area (TPSA) is 38.1 Å². The van der Waals surface area contributed by atoms with Crippen molar-refractivity contribution in [2.75, 3.05) is 13.1 Å². The normalized spacial score (nSPS) is 18.1. The Hall–Kier alpha value is -2.10. The number of hydrogen-bond donors (Lipinski definition) is 0. The quantitative estimate of drug-likeness (QED) is 0.762. The number of benzene rings is 1. The molecule has 0 radical (unpaired) electrons. The van der Waals surface area contributed by atoms with E-state index in [0.29, 0.717) is 6.42 Å². The lowest BCUT2D eigenvalue weighted by Gasteiger charge is -2.17. The molecule has 0 saturated carbocycles. The number of nitrogens with zero attached hydrogens (tertiary/aromatic N) is 3. The Morgan fingerprint density at radius 1 is 1.39 bits per heavy atom. The van der Waals surface area contributed by atoms with E-state index >= 15 is 0 Å². The first-order valence-electron chi connectivity index (χ1n) is 8.47. The fourth-order valence-corrected chi connectivity index (χ4v) is 3.35. The zero-order chi connectivity index (χ0) is 16.4. The van der Waals surface area contributed by atoms with Crippen molar-refractivity contribution in [3.05, 3.63) is 42.2 Å². The van der Waals surface area contributed by atoms with Crippen LogP contribution in [0.5, 0.6) is 0 Å². The molecule has 1 aromatic heterocycles. The van der Waals surface area contributed by atoms with Gasteiger partial charge in [-0.3, -0.25) is 4.79 Å². The van der Waals surface area contributed by atoms with Crippen molar-refractivity contribution in [3.8, 4) is 0 Å². The molecule has 23 heavy (non-hydrogen) atoms. The van der Waals surface area contributed by atoms with Crippen molar-refractivity contribution in [3.63, 3.8) is 0 Å². The van der Waals surface area contributed by atoms with Crippen LogP contribution in [0.3, 0.4) is 0 Å². The smallest absolute Gasteiger partial charge is 0.223 e. The molecule has 0 N–H and O–H groups in total. The summed E-state index contributed by atoms with van der Waals surface area (Å²) in [5, 5.41) is 0. The average molecular weight is 311 g/mol. The van der Waals surface area contributed by atoms with Crippen molar-refractivity contribution in [1.82, 2.24) is 14.5 Å². The minimum Gasteiger partial charge on any atom is -0.342 e. The molecule has 1 aliphatic rings. The third-order valence-electron chi connectivity index (χ3n) is 4.47. The second-order valence-corrected chi connectivity index (χ2v) is 6.60. The van der Waals surface area contributed by atoms with Crippen LogP contribution in [0.4, 0.5) is 0 Å². The van der Waals surface area contributed by atoms with E-state index in [1.54, 1.807) is 0 Å². The number of likely N-dealkylation sites (tertiary alicyclic amines) is 1. The van der Waals surface area contributed by atoms with E-state index in [2.05, 4.69) is 24.1 Å². The maximum atomic E-state index is 12.3. The van der Waals surface area contributed by atoms with Gasteiger partial charge in [-0.25, -0.2) is 4.98 Å². The highest BCUT2D eigenvalue weighted by atomic mass is 16.2. The summed E-state index contributed by atoms with van der Waals surface area (Å²) < 4.78 is 2.24. The molecule has 2 heterocycles. The summed E-state index contributed by atoms with van der Waals surface area (Å²) in [6.45, 7) is 10.7. The summed E-state index contributed by atoms with van der Waals surface area (Å²) >= 11 is 0. The number of hydrogen-bond acceptors (Lipinski definition) is 2. The van der Waals surface area contributed by atoms with Gasteiger partial charge in [0.25, 0.3) is 0 Å². The van der Waals surface area contributed by atoms with E-state index in [9.17, 15) is 4.79 Å². The van der Waals surface area contributed by atoms with E-state index in [-0.39, 0.29) is 11.8 Å². The first kappa shape index (κ1) is 15.8. The standard InChI is InChI=1S/C19H25N3O/c1-4-5-10-21-13-15(11-18(21)23)19-20-16-8-6-7-9-17(16)22(19)12-14(2)3/h6-9,15H,2,4-5,10-13H2,1,3H3/t15-/m0/s1. The number of allylic oxidation sites excluding steroid dienone is 1. The van der Waals surface area contributed by atoms with Crippen LogP contribution in [-0.2, 0) is 11.3 Å². The lowest BCUT2D eigenvalue weighted by Crippen LogP contribution is -2.26. The van der Waals surface area contributed by atoms with Crippen LogP contribution in [-0.4, -0.2) is 33.4 Å². The minimum atomic E-state index is 0.186. The maximum absolute atomic E-state index is 12.3. The fraction of sp³-hybridized carbons (Fsp3) is 0.474. The molecule has 0 aliphatic carbocycles. The fourth-order valence-electron chi connectivity index (χ4n) is 3.35. The highest BCUT2D eigenvalue weighted by molar-refractivity contribution is 5.81. The largest absolute Gasteiger partial charge is 0.342 e. The Labute approximate surface area is 137 Å². The summed E-state index contributed by atoms with van der Waals surface area (Å²) in [6, 6.07) is 8.19. The highest BCUT2D eigenvalue weighted by Gasteiger charge is 2.33. The predicted octanol–water partition coefficient (Wildman–Crippen LogP) is 3.73. The summed E-state index contributed by atoms with van der Waals surface area (Å²) in [5.74, 6) is 1.48. The number of aromatic nitrogens is 2. The average Bonchev–Trinajstić information content (AvgIpc) is 3.06. The van der Waals surface area contributed by atoms with Crippen LogP contribution in [0.1, 0.15) is 44.9 Å². The molecule has 1 atom stereocenters. The molecule has 1 fully saturated rings. The third kappa shape index (κ3) is 3.16. The molecular formula is C19H25N3O. The Morgan fingerprint density at radius 3 is 2.91 bits per heavy atom. The monoisotopic (exact) mass is 311 g/mol. The Bertz CT molecular complexity index is 731. The zero-order valence-corrected chi connectivity index (χ0v) is 14.1. The summed E-state index contributed by atoms with van der Waals surface area (Å²) in [5.41, 5.74) is 3.23. The number of unbranched alkanes of at least 4 members (excludes halogenated alkanes) is 1. The number of imidazole rings is 1. The van der Waals surface area contributed by atoms with Crippen molar-refractivity contribution >= 4 is 16.9 Å². The molecule has 1 saturated heterocycles. The van der Waals surface area contributed by atoms with Crippen molar-refractivity contribution in [1.29, 1.82) is 0 Å². The van der Waals surface area contributed by atoms with Gasteiger partial charge in [0.1, 0.15) is 5.82 Å². The summed E-state index contributed by atoms with van der Waals surface area (Å²) in [4.78, 5) is 19.1. The molecule has 1 aromatic carbocycles. The van der Waals surface area contributed by atoms with Crippen molar-refractivity contribution < 1.29 is 4.79 Å². The minimum absolute atomic E-state index is 0.186. The van der Waals surface area contributed by atoms with Crippen LogP contribution >= 0.6 is 0 Å². The third-order valence-corrected chi connectivity index (χ3v) is 4.47. The molecule has 122 valence electrons. The number of fused-ring (bicyclic) bond motifs is 1. The Morgan fingerprint density at radius 2 is 2.17 bits per heavy atom. The van der Waals surface area contributed by atoms with Gasteiger partial charge in [0.2, 0.25) is 5.91 Å². The van der Waals surface area contributed by atoms with Crippen LogP contribution in [0, 0.1) is 0 Å². The van der Waals surface area contributed by atoms with E-state index in [1.165, 1.54) is 0 Å². The first-order valence-corrected chi connectivity index (χ1v) is 8.47. The molecule has 0 bridgehead atoms. The van der Waals surface area contributed by atoms with Gasteiger partial charge in [0.05, 0.1) is 11.0 Å². The summed E-state index contributed by atoms with van der Waals surface area (Å²) in [6.07, 6.45) is 2.76. The molecule has 0 unspecified atom stereocenters. The first-order chi connectivity index (χ1) is 11.1. The van der Waals surface area contributed by atoms with Crippen molar-refractivity contribution in [2.45, 2.75) is 45.6 Å². The molecule has 4 heteroatoms. The van der Waals surface area contributed by atoms with Crippen LogP contribution in [0.25, 0.3) is 11.0 Å². The van der Waals surface area contributed by atoms with Crippen LogP contribution < -0.4 is 0 Å². The molecule has 1 amide bonds. The molecule has 4 nitrogen and oxygen atoms in total. The SMILES string of the molecule is C=C(C)Cn1c([C@H]2CC(=O)N(CCCC)C2)nc2ccccc21. The van der Waals surface area contributed by atoms with Gasteiger partial charge in [-0.1, -0.05) is 37.6 Å². The van der Waals surface area contributed by atoms with Gasteiger partial charge >= 0.3 is 0 Å². The number of rotatable bonds is 6. The van der Waals surface area contributed by atoms with Gasteiger partial charge in [-0.15, -0.1) is 0 Å². The second kappa shape index (κ2) is 6.57. The summed E-state index contributed by atoms with van der Waals surface area (Å²) in [7, 11) is 0.